The first-order valence-corrected chi connectivity index (χ1v) is 6.30. The maximum Gasteiger partial charge on any atom is 0.193 e. The van der Waals surface area contributed by atoms with Gasteiger partial charge in [-0.3, -0.25) is 0 Å². The number of phenolic OH excluding ortho intramolecular Hbond substituents is 1. The first-order chi connectivity index (χ1) is 9.24. The maximum atomic E-state index is 9.82. The molecule has 0 unspecified atom stereocenters. The molecule has 0 bridgehead atoms. The van der Waals surface area contributed by atoms with Crippen LogP contribution in [0.25, 0.3) is 10.8 Å². The number of halogens is 1. The molecule has 0 atom stereocenters. The van der Waals surface area contributed by atoms with Crippen molar-refractivity contribution in [1.29, 1.82) is 0 Å². The van der Waals surface area contributed by atoms with Gasteiger partial charge in [-0.2, -0.15) is 0 Å². The van der Waals surface area contributed by atoms with Gasteiger partial charge in [0, 0.05) is 16.5 Å². The fraction of sp³-hybridized carbons (Fsp3) is 0.0667. The molecule has 0 aliphatic carbocycles. The Morgan fingerprint density at radius 2 is 1.79 bits per heavy atom. The quantitative estimate of drug-likeness (QED) is 0.743. The second kappa shape index (κ2) is 4.86. The van der Waals surface area contributed by atoms with Crippen LogP contribution in [0.2, 0.25) is 5.22 Å². The second-order valence-corrected chi connectivity index (χ2v) is 4.61. The van der Waals surface area contributed by atoms with Crippen LogP contribution < -0.4 is 5.32 Å². The molecule has 0 saturated heterocycles. The predicted molar refractivity (Wildman–Crippen MR) is 76.7 cm³/mol. The summed E-state index contributed by atoms with van der Waals surface area (Å²) < 4.78 is 5.29. The summed E-state index contributed by atoms with van der Waals surface area (Å²) in [6, 6.07) is 14.8. The van der Waals surface area contributed by atoms with Crippen molar-refractivity contribution in [3.05, 3.63) is 59.5 Å². The molecule has 2 aromatic carbocycles. The highest BCUT2D eigenvalue weighted by molar-refractivity contribution is 6.28. The fourth-order valence-corrected chi connectivity index (χ4v) is 2.24. The third-order valence-corrected chi connectivity index (χ3v) is 3.18. The molecule has 19 heavy (non-hydrogen) atoms. The summed E-state index contributed by atoms with van der Waals surface area (Å²) in [5.74, 6) is 1.05. The fourth-order valence-electron chi connectivity index (χ4n) is 2.08. The molecular weight excluding hydrogens is 262 g/mol. The van der Waals surface area contributed by atoms with Crippen molar-refractivity contribution in [3.63, 3.8) is 0 Å². The maximum absolute atomic E-state index is 9.82. The molecule has 0 fully saturated rings. The zero-order valence-electron chi connectivity index (χ0n) is 10.1. The first-order valence-electron chi connectivity index (χ1n) is 5.93. The summed E-state index contributed by atoms with van der Waals surface area (Å²) >= 11 is 5.73. The lowest BCUT2D eigenvalue weighted by atomic mass is 10.1. The number of hydrogen-bond donors (Lipinski definition) is 2. The lowest BCUT2D eigenvalue weighted by Gasteiger charge is -2.09. The normalized spacial score (nSPS) is 10.8. The zero-order valence-corrected chi connectivity index (χ0v) is 10.8. The molecule has 0 amide bonds. The van der Waals surface area contributed by atoms with Crippen LogP contribution in [0.3, 0.4) is 0 Å². The lowest BCUT2D eigenvalue weighted by molar-refractivity contribution is 0.481. The van der Waals surface area contributed by atoms with Gasteiger partial charge in [0.1, 0.15) is 11.5 Å². The van der Waals surface area contributed by atoms with Crippen molar-refractivity contribution in [1.82, 2.24) is 0 Å². The predicted octanol–water partition coefficient (Wildman–Crippen LogP) is 4.40. The smallest absolute Gasteiger partial charge is 0.193 e. The van der Waals surface area contributed by atoms with Gasteiger partial charge in [0.25, 0.3) is 0 Å². The van der Waals surface area contributed by atoms with Crippen molar-refractivity contribution < 1.29 is 9.52 Å². The number of anilines is 1. The van der Waals surface area contributed by atoms with Crippen LogP contribution in [0.5, 0.6) is 5.75 Å². The van der Waals surface area contributed by atoms with Crippen LogP contribution in [0, 0.1) is 0 Å². The van der Waals surface area contributed by atoms with E-state index in [-0.39, 0.29) is 5.75 Å². The number of phenols is 1. The SMILES string of the molecule is Oc1cccc2c(NCc3ccc(Cl)o3)cccc12. The minimum atomic E-state index is 0.280. The standard InChI is InChI=1S/C15H12ClNO2/c16-15-8-7-10(19-15)9-17-13-5-1-4-12-11(13)3-2-6-14(12)18/h1-8,17-18H,9H2. The highest BCUT2D eigenvalue weighted by Crippen LogP contribution is 2.30. The van der Waals surface area contributed by atoms with Gasteiger partial charge in [0.05, 0.1) is 6.54 Å². The van der Waals surface area contributed by atoms with Crippen LogP contribution in [0.1, 0.15) is 5.76 Å². The largest absolute Gasteiger partial charge is 0.507 e. The molecule has 3 aromatic rings. The van der Waals surface area contributed by atoms with E-state index in [2.05, 4.69) is 5.32 Å². The van der Waals surface area contributed by atoms with Crippen molar-refractivity contribution in [2.24, 2.45) is 0 Å². The average molecular weight is 274 g/mol. The van der Waals surface area contributed by atoms with Crippen molar-refractivity contribution in [2.45, 2.75) is 6.54 Å². The number of nitrogens with one attached hydrogen (secondary N) is 1. The van der Waals surface area contributed by atoms with Crippen molar-refractivity contribution >= 4 is 28.1 Å². The molecule has 1 aromatic heterocycles. The van der Waals surface area contributed by atoms with Gasteiger partial charge in [-0.15, -0.1) is 0 Å². The first kappa shape index (κ1) is 11.9. The summed E-state index contributed by atoms with van der Waals surface area (Å²) in [6.45, 7) is 0.543. The summed E-state index contributed by atoms with van der Waals surface area (Å²) in [4.78, 5) is 0. The summed E-state index contributed by atoms with van der Waals surface area (Å²) in [7, 11) is 0. The van der Waals surface area contributed by atoms with E-state index in [0.29, 0.717) is 11.8 Å². The van der Waals surface area contributed by atoms with Gasteiger partial charge in [-0.25, -0.2) is 0 Å². The Bertz CT molecular complexity index is 721. The molecule has 2 N–H and O–H groups in total. The molecule has 4 heteroatoms. The monoisotopic (exact) mass is 273 g/mol. The minimum absolute atomic E-state index is 0.280. The topological polar surface area (TPSA) is 45.4 Å². The van der Waals surface area contributed by atoms with E-state index in [1.54, 1.807) is 12.1 Å². The van der Waals surface area contributed by atoms with E-state index in [0.717, 1.165) is 22.2 Å². The van der Waals surface area contributed by atoms with Gasteiger partial charge < -0.3 is 14.8 Å². The van der Waals surface area contributed by atoms with Crippen LogP contribution in [0.15, 0.2) is 52.9 Å². The van der Waals surface area contributed by atoms with Gasteiger partial charge in [0.2, 0.25) is 0 Å². The highest BCUT2D eigenvalue weighted by atomic mass is 35.5. The lowest BCUT2D eigenvalue weighted by Crippen LogP contribution is -1.98. The number of hydrogen-bond acceptors (Lipinski definition) is 3. The Balaban J connectivity index is 1.91. The van der Waals surface area contributed by atoms with Gasteiger partial charge in [-0.1, -0.05) is 24.3 Å². The average Bonchev–Trinajstić information content (AvgIpc) is 2.83. The minimum Gasteiger partial charge on any atom is -0.507 e. The van der Waals surface area contributed by atoms with E-state index < -0.39 is 0 Å². The molecule has 0 radical (unpaired) electrons. The molecular formula is C15H12ClNO2. The Morgan fingerprint density at radius 3 is 2.58 bits per heavy atom. The van der Waals surface area contributed by atoms with E-state index >= 15 is 0 Å². The molecule has 1 heterocycles. The molecule has 0 aliphatic heterocycles. The Morgan fingerprint density at radius 1 is 1.00 bits per heavy atom. The number of furan rings is 1. The van der Waals surface area contributed by atoms with E-state index in [9.17, 15) is 5.11 Å². The third-order valence-electron chi connectivity index (χ3n) is 2.98. The van der Waals surface area contributed by atoms with Crippen molar-refractivity contribution in [2.75, 3.05) is 5.32 Å². The molecule has 0 saturated carbocycles. The van der Waals surface area contributed by atoms with Gasteiger partial charge in [-0.05, 0) is 35.9 Å². The second-order valence-electron chi connectivity index (χ2n) is 4.24. The van der Waals surface area contributed by atoms with Crippen molar-refractivity contribution in [3.8, 4) is 5.75 Å². The van der Waals surface area contributed by atoms with Gasteiger partial charge >= 0.3 is 0 Å². The Kier molecular flexibility index (Phi) is 3.05. The van der Waals surface area contributed by atoms with Gasteiger partial charge in [0.15, 0.2) is 5.22 Å². The van der Waals surface area contributed by atoms with Crippen LogP contribution >= 0.6 is 11.6 Å². The molecule has 0 spiro atoms. The molecule has 96 valence electrons. The molecule has 3 nitrogen and oxygen atoms in total. The molecule has 0 aliphatic rings. The van der Waals surface area contributed by atoms with E-state index in [1.807, 2.05) is 36.4 Å². The number of benzene rings is 2. The van der Waals surface area contributed by atoms with Crippen LogP contribution in [0.4, 0.5) is 5.69 Å². The number of rotatable bonds is 3. The van der Waals surface area contributed by atoms with E-state index in [4.69, 9.17) is 16.0 Å². The van der Waals surface area contributed by atoms with Crippen LogP contribution in [-0.2, 0) is 6.54 Å². The highest BCUT2D eigenvalue weighted by Gasteiger charge is 2.05. The zero-order chi connectivity index (χ0) is 13.2. The summed E-state index contributed by atoms with van der Waals surface area (Å²) in [5.41, 5.74) is 0.945. The number of aromatic hydroxyl groups is 1. The Hall–Kier alpha value is -2.13. The summed E-state index contributed by atoms with van der Waals surface area (Å²) in [6.07, 6.45) is 0. The third kappa shape index (κ3) is 2.37. The Labute approximate surface area is 115 Å². The number of fused-ring (bicyclic) bond motifs is 1. The van der Waals surface area contributed by atoms with Crippen LogP contribution in [-0.4, -0.2) is 5.11 Å². The molecule has 3 rings (SSSR count). The summed E-state index contributed by atoms with van der Waals surface area (Å²) in [5, 5.41) is 15.3. The van der Waals surface area contributed by atoms with E-state index in [1.165, 1.54) is 0 Å².